The van der Waals surface area contributed by atoms with Gasteiger partial charge in [0.25, 0.3) is 5.91 Å². The van der Waals surface area contributed by atoms with Crippen LogP contribution in [-0.2, 0) is 16.6 Å². The van der Waals surface area contributed by atoms with Crippen molar-refractivity contribution in [3.63, 3.8) is 0 Å². The summed E-state index contributed by atoms with van der Waals surface area (Å²) in [6.45, 7) is 1.48. The summed E-state index contributed by atoms with van der Waals surface area (Å²) in [4.78, 5) is 18.2. The number of hydrogen-bond donors (Lipinski definition) is 1. The Kier molecular flexibility index (Phi) is 6.77. The van der Waals surface area contributed by atoms with Crippen molar-refractivity contribution in [2.24, 2.45) is 0 Å². The number of carbonyl (C=O) groups is 1. The first-order valence-electron chi connectivity index (χ1n) is 9.77. The van der Waals surface area contributed by atoms with E-state index in [0.717, 1.165) is 23.4 Å². The van der Waals surface area contributed by atoms with Gasteiger partial charge >= 0.3 is 0 Å². The molecule has 8 nitrogen and oxygen atoms in total. The molecular weight excluding hydrogens is 478 g/mol. The average Bonchev–Trinajstić information content (AvgIpc) is 3.44. The SMILES string of the molecule is CS(=O)(=O)N1CCCC(c2cc(NCc3ccc(Cl)s3)n(C(=O)c3cscn3)n2)CC1. The fraction of sp³-hybridized carbons (Fsp3) is 0.421. The molecule has 0 bridgehead atoms. The topological polar surface area (TPSA) is 97.2 Å². The van der Waals surface area contributed by atoms with Gasteiger partial charge in [-0.2, -0.15) is 9.78 Å². The maximum absolute atomic E-state index is 13.0. The lowest BCUT2D eigenvalue weighted by molar-refractivity contribution is 0.0942. The van der Waals surface area contributed by atoms with Crippen LogP contribution >= 0.6 is 34.3 Å². The summed E-state index contributed by atoms with van der Waals surface area (Å²) < 4.78 is 27.4. The predicted molar refractivity (Wildman–Crippen MR) is 124 cm³/mol. The van der Waals surface area contributed by atoms with E-state index < -0.39 is 10.0 Å². The maximum Gasteiger partial charge on any atom is 0.299 e. The smallest absolute Gasteiger partial charge is 0.299 e. The zero-order valence-corrected chi connectivity index (χ0v) is 20.0. The molecule has 0 saturated carbocycles. The van der Waals surface area contributed by atoms with Gasteiger partial charge in [-0.3, -0.25) is 4.79 Å². The molecule has 0 spiro atoms. The lowest BCUT2D eigenvalue weighted by atomic mass is 9.97. The Morgan fingerprint density at radius 2 is 2.16 bits per heavy atom. The molecular formula is C19H22ClN5O3S3. The van der Waals surface area contributed by atoms with E-state index in [1.165, 1.54) is 37.9 Å². The molecule has 12 heteroatoms. The summed E-state index contributed by atoms with van der Waals surface area (Å²) in [5.74, 6) is 0.361. The number of halogens is 1. The Bertz CT molecular complexity index is 1160. The zero-order valence-electron chi connectivity index (χ0n) is 16.8. The van der Waals surface area contributed by atoms with Crippen molar-refractivity contribution in [2.75, 3.05) is 24.7 Å². The highest BCUT2D eigenvalue weighted by Crippen LogP contribution is 2.30. The molecule has 3 aromatic rings. The number of thiazole rings is 1. The lowest BCUT2D eigenvalue weighted by Crippen LogP contribution is -2.30. The number of thiophene rings is 1. The van der Waals surface area contributed by atoms with Gasteiger partial charge in [-0.1, -0.05) is 11.6 Å². The van der Waals surface area contributed by atoms with Gasteiger partial charge in [-0.15, -0.1) is 22.7 Å². The van der Waals surface area contributed by atoms with Gasteiger partial charge in [0.15, 0.2) is 0 Å². The third-order valence-electron chi connectivity index (χ3n) is 5.22. The highest BCUT2D eigenvalue weighted by Gasteiger charge is 2.27. The van der Waals surface area contributed by atoms with Crippen LogP contribution in [0.15, 0.2) is 29.1 Å². The highest BCUT2D eigenvalue weighted by atomic mass is 35.5. The van der Waals surface area contributed by atoms with Crippen molar-refractivity contribution in [1.82, 2.24) is 19.1 Å². The lowest BCUT2D eigenvalue weighted by Gasteiger charge is -2.16. The normalized spacial score (nSPS) is 18.1. The first kappa shape index (κ1) is 22.4. The molecule has 1 saturated heterocycles. The van der Waals surface area contributed by atoms with Crippen LogP contribution in [-0.4, -0.2) is 52.7 Å². The molecule has 1 aliphatic heterocycles. The fourth-order valence-corrected chi connectivity index (χ4v) is 6.08. The van der Waals surface area contributed by atoms with Crippen LogP contribution in [0.5, 0.6) is 0 Å². The first-order valence-corrected chi connectivity index (χ1v) is 13.8. The summed E-state index contributed by atoms with van der Waals surface area (Å²) in [7, 11) is -3.21. The van der Waals surface area contributed by atoms with E-state index in [0.29, 0.717) is 41.9 Å². The van der Waals surface area contributed by atoms with Crippen LogP contribution in [0.2, 0.25) is 4.34 Å². The van der Waals surface area contributed by atoms with Crippen LogP contribution in [0.4, 0.5) is 5.82 Å². The quantitative estimate of drug-likeness (QED) is 0.552. The van der Waals surface area contributed by atoms with Crippen molar-refractivity contribution in [3.8, 4) is 0 Å². The fourth-order valence-electron chi connectivity index (χ4n) is 3.63. The number of hydrogen-bond acceptors (Lipinski definition) is 8. The van der Waals surface area contributed by atoms with E-state index in [9.17, 15) is 13.2 Å². The van der Waals surface area contributed by atoms with Gasteiger partial charge in [-0.05, 0) is 31.4 Å². The van der Waals surface area contributed by atoms with Crippen LogP contribution in [0.1, 0.15) is 46.2 Å². The molecule has 0 aromatic carbocycles. The molecule has 1 atom stereocenters. The van der Waals surface area contributed by atoms with Crippen LogP contribution in [0, 0.1) is 0 Å². The molecule has 4 rings (SSSR count). The first-order chi connectivity index (χ1) is 14.8. The minimum Gasteiger partial charge on any atom is -0.365 e. The van der Waals surface area contributed by atoms with Crippen molar-refractivity contribution in [2.45, 2.75) is 31.7 Å². The standard InChI is InChI=1S/C19H22ClN5O3S3/c1-31(27,28)24-7-2-3-13(6-8-24)15-9-18(21-10-14-4-5-17(20)30-14)25(23-15)19(26)16-11-29-12-22-16/h4-5,9,11-13,21H,2-3,6-8,10H2,1H3. The second-order valence-corrected chi connectivity index (χ2v) is 11.9. The van der Waals surface area contributed by atoms with Gasteiger partial charge in [-0.25, -0.2) is 17.7 Å². The number of anilines is 1. The van der Waals surface area contributed by atoms with Crippen LogP contribution in [0.25, 0.3) is 0 Å². The van der Waals surface area contributed by atoms with E-state index in [2.05, 4.69) is 15.4 Å². The van der Waals surface area contributed by atoms with Crippen LogP contribution in [0.3, 0.4) is 0 Å². The minimum atomic E-state index is -3.21. The van der Waals surface area contributed by atoms with Gasteiger partial charge in [0.2, 0.25) is 10.0 Å². The second kappa shape index (κ2) is 9.37. The Morgan fingerprint density at radius 3 is 2.84 bits per heavy atom. The number of carbonyl (C=O) groups excluding carboxylic acids is 1. The zero-order chi connectivity index (χ0) is 22.0. The Hall–Kier alpha value is -1.79. The average molecular weight is 500 g/mol. The Morgan fingerprint density at radius 1 is 1.32 bits per heavy atom. The Labute approximate surface area is 193 Å². The number of nitrogens with zero attached hydrogens (tertiary/aromatic N) is 4. The van der Waals surface area contributed by atoms with Crippen molar-refractivity contribution < 1.29 is 13.2 Å². The van der Waals surface area contributed by atoms with E-state index in [1.54, 1.807) is 10.9 Å². The minimum absolute atomic E-state index is 0.0768. The number of nitrogens with one attached hydrogen (secondary N) is 1. The summed E-state index contributed by atoms with van der Waals surface area (Å²) in [5.41, 5.74) is 2.74. The number of rotatable bonds is 6. The summed E-state index contributed by atoms with van der Waals surface area (Å²) in [5, 5.41) is 9.61. The largest absolute Gasteiger partial charge is 0.365 e. The molecule has 1 N–H and O–H groups in total. The van der Waals surface area contributed by atoms with Gasteiger partial charge in [0.05, 0.1) is 28.3 Å². The summed E-state index contributed by atoms with van der Waals surface area (Å²) in [6, 6.07) is 5.67. The molecule has 1 aliphatic rings. The van der Waals surface area contributed by atoms with E-state index in [1.807, 2.05) is 18.2 Å². The molecule has 4 heterocycles. The van der Waals surface area contributed by atoms with Crippen molar-refractivity contribution in [1.29, 1.82) is 0 Å². The Balaban J connectivity index is 1.58. The van der Waals surface area contributed by atoms with Gasteiger partial charge < -0.3 is 5.32 Å². The van der Waals surface area contributed by atoms with E-state index >= 15 is 0 Å². The number of sulfonamides is 1. The third-order valence-corrected chi connectivity index (χ3v) is 8.34. The van der Waals surface area contributed by atoms with Gasteiger partial charge in [0, 0.05) is 35.3 Å². The molecule has 31 heavy (non-hydrogen) atoms. The highest BCUT2D eigenvalue weighted by molar-refractivity contribution is 7.88. The summed E-state index contributed by atoms with van der Waals surface area (Å²) >= 11 is 8.85. The number of aromatic nitrogens is 3. The van der Waals surface area contributed by atoms with Crippen LogP contribution < -0.4 is 5.32 Å². The maximum atomic E-state index is 13.0. The van der Waals surface area contributed by atoms with Gasteiger partial charge in [0.1, 0.15) is 11.5 Å². The molecule has 0 aliphatic carbocycles. The van der Waals surface area contributed by atoms with Crippen molar-refractivity contribution in [3.05, 3.63) is 49.7 Å². The van der Waals surface area contributed by atoms with E-state index in [-0.39, 0.29) is 11.8 Å². The molecule has 0 amide bonds. The third kappa shape index (κ3) is 5.35. The molecule has 0 radical (unpaired) electrons. The second-order valence-electron chi connectivity index (χ2n) is 7.39. The molecule has 3 aromatic heterocycles. The predicted octanol–water partition coefficient (Wildman–Crippen LogP) is 3.88. The molecule has 1 unspecified atom stereocenters. The molecule has 166 valence electrons. The summed E-state index contributed by atoms with van der Waals surface area (Å²) in [6.07, 6.45) is 3.47. The van der Waals surface area contributed by atoms with E-state index in [4.69, 9.17) is 11.6 Å². The van der Waals surface area contributed by atoms with Crippen molar-refractivity contribution >= 4 is 56.0 Å². The molecule has 1 fully saturated rings. The monoisotopic (exact) mass is 499 g/mol.